The Morgan fingerprint density at radius 3 is 2.89 bits per heavy atom. The number of aliphatic carboxylic acids is 1. The van der Waals surface area contributed by atoms with Crippen LogP contribution < -0.4 is 5.32 Å². The number of nitrogens with zero attached hydrogens (tertiary/aromatic N) is 3. The fourth-order valence-corrected chi connectivity index (χ4v) is 5.59. The van der Waals surface area contributed by atoms with E-state index in [1.54, 1.807) is 23.2 Å². The Bertz CT molecular complexity index is 1060. The van der Waals surface area contributed by atoms with Crippen LogP contribution in [0.4, 0.5) is 14.6 Å². The highest BCUT2D eigenvalue weighted by molar-refractivity contribution is 5.76. The molecule has 1 saturated carbocycles. The molecule has 8 heteroatoms. The molecule has 188 valence electrons. The highest BCUT2D eigenvalue weighted by atomic mass is 19.3. The molecule has 5 rings (SSSR count). The van der Waals surface area contributed by atoms with E-state index in [-0.39, 0.29) is 13.0 Å². The number of aryl methyl sites for hydroxylation is 2. The zero-order chi connectivity index (χ0) is 24.4. The number of unbranched alkanes of at least 4 members (excludes halogenated alkanes) is 1. The molecule has 35 heavy (non-hydrogen) atoms. The van der Waals surface area contributed by atoms with Crippen LogP contribution in [0.1, 0.15) is 79.4 Å². The standard InChI is InChI=1S/C27H34F2N4O2/c28-27(29,13-2-1-6-21-11-10-19-5-3-15-31-25(19)32-21)20-12-16-33(17-20)24(26(34)35)22-7-4-14-30-23(22)18-8-9-18/h4,7,10-11,14,18,20,24H,1-3,5-6,8-9,12-13,15-17H2,(H,31,32)(H,34,35)/t20?,24-/m0/s1. The molecule has 1 unspecified atom stereocenters. The summed E-state index contributed by atoms with van der Waals surface area (Å²) in [6, 6.07) is 6.74. The molecule has 0 bridgehead atoms. The fraction of sp³-hybridized carbons (Fsp3) is 0.593. The Labute approximate surface area is 205 Å². The monoisotopic (exact) mass is 484 g/mol. The maximum Gasteiger partial charge on any atom is 0.325 e. The van der Waals surface area contributed by atoms with Gasteiger partial charge in [-0.3, -0.25) is 14.7 Å². The largest absolute Gasteiger partial charge is 0.480 e. The smallest absolute Gasteiger partial charge is 0.325 e. The van der Waals surface area contributed by atoms with E-state index in [9.17, 15) is 9.90 Å². The van der Waals surface area contributed by atoms with Crippen LogP contribution in [0.2, 0.25) is 0 Å². The number of halogens is 2. The van der Waals surface area contributed by atoms with Crippen molar-refractivity contribution in [1.82, 2.24) is 14.9 Å². The van der Waals surface area contributed by atoms with Crippen LogP contribution in [-0.2, 0) is 17.6 Å². The maximum absolute atomic E-state index is 15.1. The lowest BCUT2D eigenvalue weighted by molar-refractivity contribution is -0.143. The Morgan fingerprint density at radius 1 is 1.23 bits per heavy atom. The predicted molar refractivity (Wildman–Crippen MR) is 130 cm³/mol. The third-order valence-electron chi connectivity index (χ3n) is 7.69. The molecule has 3 aliphatic rings. The Morgan fingerprint density at radius 2 is 2.09 bits per heavy atom. The van der Waals surface area contributed by atoms with Crippen molar-refractivity contribution in [3.05, 3.63) is 53.0 Å². The minimum atomic E-state index is -2.81. The molecule has 2 aromatic rings. The summed E-state index contributed by atoms with van der Waals surface area (Å²) in [6.45, 7) is 1.39. The lowest BCUT2D eigenvalue weighted by Crippen LogP contribution is -2.36. The van der Waals surface area contributed by atoms with Gasteiger partial charge in [-0.05, 0) is 75.6 Å². The zero-order valence-corrected chi connectivity index (χ0v) is 20.1. The van der Waals surface area contributed by atoms with Crippen molar-refractivity contribution in [3.8, 4) is 0 Å². The summed E-state index contributed by atoms with van der Waals surface area (Å²) in [5.41, 5.74) is 3.66. The van der Waals surface area contributed by atoms with E-state index in [0.29, 0.717) is 43.7 Å². The summed E-state index contributed by atoms with van der Waals surface area (Å²) in [5, 5.41) is 13.3. The van der Waals surface area contributed by atoms with Gasteiger partial charge < -0.3 is 10.4 Å². The lowest BCUT2D eigenvalue weighted by Gasteiger charge is -2.28. The number of fused-ring (bicyclic) bond motifs is 1. The van der Waals surface area contributed by atoms with Gasteiger partial charge in [-0.25, -0.2) is 13.8 Å². The minimum absolute atomic E-state index is 0.0982. The van der Waals surface area contributed by atoms with E-state index in [4.69, 9.17) is 0 Å². The van der Waals surface area contributed by atoms with E-state index >= 15 is 8.78 Å². The summed E-state index contributed by atoms with van der Waals surface area (Å²) in [4.78, 5) is 23.0. The van der Waals surface area contributed by atoms with Crippen LogP contribution in [0.15, 0.2) is 30.5 Å². The van der Waals surface area contributed by atoms with E-state index in [1.807, 2.05) is 6.07 Å². The maximum atomic E-state index is 15.1. The average molecular weight is 485 g/mol. The van der Waals surface area contributed by atoms with E-state index in [2.05, 4.69) is 21.4 Å². The van der Waals surface area contributed by atoms with Crippen molar-refractivity contribution in [2.75, 3.05) is 25.0 Å². The van der Waals surface area contributed by atoms with Gasteiger partial charge in [-0.2, -0.15) is 0 Å². The second-order valence-corrected chi connectivity index (χ2v) is 10.3. The number of hydrogen-bond acceptors (Lipinski definition) is 5. The molecule has 0 aromatic carbocycles. The second-order valence-electron chi connectivity index (χ2n) is 10.3. The Kier molecular flexibility index (Phi) is 7.00. The fourth-order valence-electron chi connectivity index (χ4n) is 5.59. The van der Waals surface area contributed by atoms with Crippen LogP contribution in [0, 0.1) is 5.92 Å². The zero-order valence-electron chi connectivity index (χ0n) is 20.1. The van der Waals surface area contributed by atoms with Gasteiger partial charge in [0.25, 0.3) is 5.92 Å². The summed E-state index contributed by atoms with van der Waals surface area (Å²) in [6.07, 6.45) is 7.76. The average Bonchev–Trinajstić information content (AvgIpc) is 3.58. The van der Waals surface area contributed by atoms with Crippen LogP contribution >= 0.6 is 0 Å². The molecule has 2 aromatic heterocycles. The van der Waals surface area contributed by atoms with Crippen LogP contribution in [0.3, 0.4) is 0 Å². The van der Waals surface area contributed by atoms with Crippen molar-refractivity contribution in [1.29, 1.82) is 0 Å². The molecular weight excluding hydrogens is 450 g/mol. The number of carbonyl (C=O) groups is 1. The molecule has 2 fully saturated rings. The number of aromatic nitrogens is 2. The van der Waals surface area contributed by atoms with Crippen molar-refractivity contribution in [2.24, 2.45) is 5.92 Å². The van der Waals surface area contributed by atoms with Gasteiger partial charge in [-0.15, -0.1) is 0 Å². The third kappa shape index (κ3) is 5.47. The quantitative estimate of drug-likeness (QED) is 0.451. The number of anilines is 1. The van der Waals surface area contributed by atoms with Gasteiger partial charge in [-0.1, -0.05) is 12.1 Å². The molecule has 2 N–H and O–H groups in total. The lowest BCUT2D eigenvalue weighted by atomic mass is 9.95. The molecule has 1 saturated heterocycles. The van der Waals surface area contributed by atoms with E-state index < -0.39 is 23.9 Å². The Balaban J connectivity index is 1.16. The first-order valence-electron chi connectivity index (χ1n) is 12.9. The van der Waals surface area contributed by atoms with E-state index in [1.165, 1.54) is 5.56 Å². The molecule has 4 heterocycles. The minimum Gasteiger partial charge on any atom is -0.480 e. The normalized spacial score (nSPS) is 21.4. The third-order valence-corrected chi connectivity index (χ3v) is 7.69. The number of pyridine rings is 2. The SMILES string of the molecule is O=C(O)[C@H](c1cccnc1C1CC1)N1CCC(C(F)(F)CCCCc2ccc3c(n2)NCCC3)C1. The number of hydrogen-bond donors (Lipinski definition) is 2. The number of carboxylic acid groups (broad SMARTS) is 1. The van der Waals surface area contributed by atoms with Crippen molar-refractivity contribution >= 4 is 11.8 Å². The molecule has 1 aliphatic carbocycles. The van der Waals surface area contributed by atoms with Crippen LogP contribution in [0.5, 0.6) is 0 Å². The molecular formula is C27H34F2N4O2. The number of carboxylic acids is 1. The van der Waals surface area contributed by atoms with Gasteiger partial charge in [0.05, 0.1) is 0 Å². The summed E-state index contributed by atoms with van der Waals surface area (Å²) in [5.74, 6) is -3.38. The van der Waals surface area contributed by atoms with Gasteiger partial charge in [0, 0.05) is 54.5 Å². The highest BCUT2D eigenvalue weighted by Gasteiger charge is 2.46. The highest BCUT2D eigenvalue weighted by Crippen LogP contribution is 2.44. The predicted octanol–water partition coefficient (Wildman–Crippen LogP) is 5.21. The molecule has 2 atom stereocenters. The van der Waals surface area contributed by atoms with Gasteiger partial charge >= 0.3 is 5.97 Å². The summed E-state index contributed by atoms with van der Waals surface area (Å²) < 4.78 is 30.3. The molecule has 6 nitrogen and oxygen atoms in total. The first-order chi connectivity index (χ1) is 16.9. The topological polar surface area (TPSA) is 78.3 Å². The molecule has 0 radical (unpaired) electrons. The van der Waals surface area contributed by atoms with E-state index in [0.717, 1.165) is 49.4 Å². The van der Waals surface area contributed by atoms with Gasteiger partial charge in [0.1, 0.15) is 11.9 Å². The molecule has 2 aliphatic heterocycles. The van der Waals surface area contributed by atoms with Crippen molar-refractivity contribution < 1.29 is 18.7 Å². The van der Waals surface area contributed by atoms with Gasteiger partial charge in [0.15, 0.2) is 0 Å². The molecule has 0 spiro atoms. The number of nitrogens with one attached hydrogen (secondary N) is 1. The summed E-state index contributed by atoms with van der Waals surface area (Å²) in [7, 11) is 0. The van der Waals surface area contributed by atoms with Gasteiger partial charge in [0.2, 0.25) is 0 Å². The Hall–Kier alpha value is -2.61. The summed E-state index contributed by atoms with van der Waals surface area (Å²) >= 11 is 0. The number of likely N-dealkylation sites (tertiary alicyclic amines) is 1. The first-order valence-corrected chi connectivity index (χ1v) is 12.9. The van der Waals surface area contributed by atoms with Crippen LogP contribution in [0.25, 0.3) is 0 Å². The van der Waals surface area contributed by atoms with Crippen molar-refractivity contribution in [3.63, 3.8) is 0 Å². The number of rotatable bonds is 10. The van der Waals surface area contributed by atoms with Crippen LogP contribution in [-0.4, -0.2) is 51.5 Å². The van der Waals surface area contributed by atoms with Crippen molar-refractivity contribution in [2.45, 2.75) is 75.7 Å². The number of alkyl halides is 2. The first kappa shape index (κ1) is 24.1. The molecule has 0 amide bonds. The second kappa shape index (κ2) is 10.2.